The summed E-state index contributed by atoms with van der Waals surface area (Å²) in [5, 5.41) is 75.7. The Labute approximate surface area is 366 Å². The lowest BCUT2D eigenvalue weighted by atomic mass is 9.98. The number of hydrogen-bond acceptors (Lipinski definition) is 10. The van der Waals surface area contributed by atoms with Crippen molar-refractivity contribution in [3.63, 3.8) is 0 Å². The third kappa shape index (κ3) is 28.5. The van der Waals surface area contributed by atoms with Crippen molar-refractivity contribution in [2.45, 2.75) is 281 Å². The minimum absolute atomic E-state index is 0.261. The average Bonchev–Trinajstić information content (AvgIpc) is 3.25. The third-order valence-electron chi connectivity index (χ3n) is 12.3. The van der Waals surface area contributed by atoms with E-state index in [1.54, 1.807) is 0 Å². The van der Waals surface area contributed by atoms with Gasteiger partial charge < -0.3 is 50.5 Å². The van der Waals surface area contributed by atoms with Crippen LogP contribution in [0.15, 0.2) is 12.2 Å². The molecule has 1 heterocycles. The van der Waals surface area contributed by atoms with E-state index >= 15 is 0 Å². The number of carbonyl (C=O) groups is 1. The van der Waals surface area contributed by atoms with E-state index in [-0.39, 0.29) is 12.8 Å². The van der Waals surface area contributed by atoms with Gasteiger partial charge in [-0.25, -0.2) is 0 Å². The van der Waals surface area contributed by atoms with Crippen molar-refractivity contribution in [2.24, 2.45) is 0 Å². The van der Waals surface area contributed by atoms with Gasteiger partial charge in [0, 0.05) is 0 Å². The molecule has 1 amide bonds. The maximum Gasteiger partial charge on any atom is 0.249 e. The Hall–Kier alpha value is -1.15. The predicted octanol–water partition coefficient (Wildman–Crippen LogP) is 8.84. The van der Waals surface area contributed by atoms with Crippen LogP contribution >= 0.6 is 0 Å². The summed E-state index contributed by atoms with van der Waals surface area (Å²) in [6.07, 6.45) is 31.2. The molecule has 0 spiro atoms. The molecule has 0 saturated carbocycles. The van der Waals surface area contributed by atoms with Crippen LogP contribution in [0.5, 0.6) is 0 Å². The monoisotopic (exact) mass is 858 g/mol. The zero-order valence-corrected chi connectivity index (χ0v) is 38.5. The van der Waals surface area contributed by atoms with E-state index in [1.165, 1.54) is 141 Å². The number of carbonyl (C=O) groups excluding carboxylic acids is 1. The second-order valence-electron chi connectivity index (χ2n) is 17.9. The molecule has 356 valence electrons. The van der Waals surface area contributed by atoms with Gasteiger partial charge >= 0.3 is 0 Å². The molecule has 11 nitrogen and oxygen atoms in total. The van der Waals surface area contributed by atoms with Crippen LogP contribution in [-0.4, -0.2) is 110 Å². The maximum atomic E-state index is 13.1. The summed E-state index contributed by atoms with van der Waals surface area (Å²) < 4.78 is 11.1. The van der Waals surface area contributed by atoms with E-state index in [4.69, 9.17) is 9.47 Å². The SMILES string of the molecule is CCCCCCCC/C=C\CCCCC[C@@H](O)[C@@H](O)[C@H](CO[C@H]1O[C@H](CO)[C@@H](O)[C@H](O)[C@H]1O)NC(=O)[C@H](O)CCCCCCCCCCCCCCCCCCCCCC. The van der Waals surface area contributed by atoms with E-state index in [1.807, 2.05) is 0 Å². The summed E-state index contributed by atoms with van der Waals surface area (Å²) in [4.78, 5) is 13.1. The fraction of sp³-hybridized carbons (Fsp3) is 0.939. The molecule has 0 aliphatic carbocycles. The molecule has 0 unspecified atom stereocenters. The normalized spacial score (nSPS) is 21.6. The lowest BCUT2D eigenvalue weighted by Gasteiger charge is -2.40. The van der Waals surface area contributed by atoms with Gasteiger partial charge in [0.15, 0.2) is 6.29 Å². The number of aliphatic hydroxyl groups is 7. The van der Waals surface area contributed by atoms with Crippen molar-refractivity contribution in [3.05, 3.63) is 12.2 Å². The van der Waals surface area contributed by atoms with Crippen LogP contribution < -0.4 is 5.32 Å². The molecule has 1 fully saturated rings. The number of nitrogens with one attached hydrogen (secondary N) is 1. The summed E-state index contributed by atoms with van der Waals surface area (Å²) in [5.74, 6) is -0.700. The van der Waals surface area contributed by atoms with Crippen molar-refractivity contribution >= 4 is 5.91 Å². The quantitative estimate of drug-likeness (QED) is 0.0218. The molecular formula is C49H95NO10. The molecule has 60 heavy (non-hydrogen) atoms. The van der Waals surface area contributed by atoms with Crippen molar-refractivity contribution in [2.75, 3.05) is 13.2 Å². The molecule has 8 N–H and O–H groups in total. The van der Waals surface area contributed by atoms with Gasteiger partial charge in [0.2, 0.25) is 5.91 Å². The Morgan fingerprint density at radius 2 is 0.967 bits per heavy atom. The lowest BCUT2D eigenvalue weighted by Crippen LogP contribution is -2.60. The van der Waals surface area contributed by atoms with Crippen LogP contribution in [0.2, 0.25) is 0 Å². The van der Waals surface area contributed by atoms with Crippen LogP contribution in [0.3, 0.4) is 0 Å². The third-order valence-corrected chi connectivity index (χ3v) is 12.3. The minimum Gasteiger partial charge on any atom is -0.394 e. The highest BCUT2D eigenvalue weighted by molar-refractivity contribution is 5.80. The number of aliphatic hydroxyl groups excluding tert-OH is 7. The van der Waals surface area contributed by atoms with Crippen LogP contribution in [-0.2, 0) is 14.3 Å². The molecule has 1 saturated heterocycles. The molecule has 1 aliphatic rings. The molecule has 11 heteroatoms. The zero-order valence-electron chi connectivity index (χ0n) is 38.5. The molecule has 1 rings (SSSR count). The molecule has 0 bridgehead atoms. The van der Waals surface area contributed by atoms with Gasteiger partial charge in [0.25, 0.3) is 0 Å². The second-order valence-corrected chi connectivity index (χ2v) is 17.9. The molecular weight excluding hydrogens is 763 g/mol. The van der Waals surface area contributed by atoms with Gasteiger partial charge in [-0.1, -0.05) is 199 Å². The standard InChI is InChI=1S/C49H95NO10/c1-3-5-7-9-11-13-15-17-18-19-20-21-22-23-25-27-29-31-33-35-37-42(53)48(58)50-40(39-59-49-47(57)46(56)45(55)43(38-51)60-49)44(54)41(52)36-34-32-30-28-26-24-16-14-12-10-8-6-4-2/h24,26,40-47,49,51-57H,3-23,25,27-39H2,1-2H3,(H,50,58)/b26-24-/t40-,41+,42+,43+,44-,45+,46-,47+,49-/m0/s1. The van der Waals surface area contributed by atoms with Gasteiger partial charge in [-0.05, 0) is 38.5 Å². The van der Waals surface area contributed by atoms with E-state index in [9.17, 15) is 40.5 Å². The van der Waals surface area contributed by atoms with Gasteiger partial charge in [0.05, 0.1) is 25.4 Å². The van der Waals surface area contributed by atoms with Gasteiger partial charge in [-0.3, -0.25) is 4.79 Å². The summed E-state index contributed by atoms with van der Waals surface area (Å²) in [5.41, 5.74) is 0. The zero-order chi connectivity index (χ0) is 44.1. The smallest absolute Gasteiger partial charge is 0.249 e. The van der Waals surface area contributed by atoms with Crippen molar-refractivity contribution in [1.29, 1.82) is 0 Å². The fourth-order valence-electron chi connectivity index (χ4n) is 8.14. The van der Waals surface area contributed by atoms with E-state index < -0.39 is 74.2 Å². The highest BCUT2D eigenvalue weighted by atomic mass is 16.7. The summed E-state index contributed by atoms with van der Waals surface area (Å²) in [6, 6.07) is -1.17. The van der Waals surface area contributed by atoms with Gasteiger partial charge in [-0.2, -0.15) is 0 Å². The van der Waals surface area contributed by atoms with Gasteiger partial charge in [-0.15, -0.1) is 0 Å². The fourth-order valence-corrected chi connectivity index (χ4v) is 8.14. The van der Waals surface area contributed by atoms with Crippen LogP contribution in [0.25, 0.3) is 0 Å². The molecule has 0 aromatic carbocycles. The molecule has 1 aliphatic heterocycles. The average molecular weight is 858 g/mol. The predicted molar refractivity (Wildman–Crippen MR) is 243 cm³/mol. The Balaban J connectivity index is 2.38. The first-order valence-electron chi connectivity index (χ1n) is 25.1. The number of amides is 1. The molecule has 0 aromatic rings. The number of hydrogen-bond donors (Lipinski definition) is 8. The van der Waals surface area contributed by atoms with E-state index in [0.29, 0.717) is 12.8 Å². The molecule has 0 radical (unpaired) electrons. The van der Waals surface area contributed by atoms with Crippen LogP contribution in [0.4, 0.5) is 0 Å². The summed E-state index contributed by atoms with van der Waals surface area (Å²) in [6.45, 7) is 3.44. The van der Waals surface area contributed by atoms with E-state index in [2.05, 4.69) is 31.3 Å². The number of ether oxygens (including phenoxy) is 2. The molecule has 9 atom stereocenters. The Bertz CT molecular complexity index is 986. The Morgan fingerprint density at radius 3 is 1.42 bits per heavy atom. The topological polar surface area (TPSA) is 189 Å². The Kier molecular flexibility index (Phi) is 37.4. The van der Waals surface area contributed by atoms with Crippen LogP contribution in [0, 0.1) is 0 Å². The summed E-state index contributed by atoms with van der Waals surface area (Å²) >= 11 is 0. The van der Waals surface area contributed by atoms with Crippen molar-refractivity contribution in [3.8, 4) is 0 Å². The molecule has 0 aromatic heterocycles. The largest absolute Gasteiger partial charge is 0.394 e. The number of allylic oxidation sites excluding steroid dienone is 2. The van der Waals surface area contributed by atoms with Gasteiger partial charge in [0.1, 0.15) is 36.6 Å². The minimum atomic E-state index is -1.66. The highest BCUT2D eigenvalue weighted by Crippen LogP contribution is 2.23. The number of rotatable bonds is 42. The van der Waals surface area contributed by atoms with Crippen molar-refractivity contribution < 1.29 is 50.0 Å². The first kappa shape index (κ1) is 56.9. The van der Waals surface area contributed by atoms with E-state index in [0.717, 1.165) is 44.9 Å². The first-order valence-corrected chi connectivity index (χ1v) is 25.1. The van der Waals surface area contributed by atoms with Crippen LogP contribution in [0.1, 0.15) is 226 Å². The number of unbranched alkanes of at least 4 members (excludes halogenated alkanes) is 28. The highest BCUT2D eigenvalue weighted by Gasteiger charge is 2.44. The first-order chi connectivity index (χ1) is 29.2. The van der Waals surface area contributed by atoms with Crippen molar-refractivity contribution in [1.82, 2.24) is 5.32 Å². The Morgan fingerprint density at radius 1 is 0.567 bits per heavy atom. The lowest BCUT2D eigenvalue weighted by molar-refractivity contribution is -0.303. The maximum absolute atomic E-state index is 13.1. The second kappa shape index (κ2) is 39.4. The summed E-state index contributed by atoms with van der Waals surface area (Å²) in [7, 11) is 0.